The lowest BCUT2D eigenvalue weighted by molar-refractivity contribution is 0.1000. The van der Waals surface area contributed by atoms with E-state index in [-0.39, 0.29) is 17.2 Å². The van der Waals surface area contributed by atoms with Gasteiger partial charge >= 0.3 is 0 Å². The first-order chi connectivity index (χ1) is 12.1. The molecule has 0 atom stereocenters. The smallest absolute Gasteiger partial charge is 0.250 e. The molecule has 2 heterocycles. The van der Waals surface area contributed by atoms with Gasteiger partial charge < -0.3 is 20.2 Å². The fraction of sp³-hybridized carbons (Fsp3) is 0.111. The third-order valence-electron chi connectivity index (χ3n) is 3.44. The summed E-state index contributed by atoms with van der Waals surface area (Å²) >= 11 is 0. The van der Waals surface area contributed by atoms with Crippen molar-refractivity contribution in [2.45, 2.75) is 13.1 Å². The number of carbonyl (C=O) groups is 1. The van der Waals surface area contributed by atoms with Gasteiger partial charge in [-0.3, -0.25) is 4.79 Å². The summed E-state index contributed by atoms with van der Waals surface area (Å²) in [6, 6.07) is 11.3. The van der Waals surface area contributed by atoms with Crippen molar-refractivity contribution in [2.75, 3.05) is 0 Å². The van der Waals surface area contributed by atoms with Crippen molar-refractivity contribution in [2.24, 2.45) is 5.73 Å². The molecule has 3 aromatic rings. The summed E-state index contributed by atoms with van der Waals surface area (Å²) in [6.45, 7) is 1.05. The Morgan fingerprint density at radius 1 is 1.24 bits per heavy atom. The SMILES string of the molecule is NC(=O)c1ccc(Oc2ccc(CNCc3ccco3)cc2F)nc1. The number of hydrogen-bond donors (Lipinski definition) is 2. The number of amides is 1. The molecular weight excluding hydrogens is 325 g/mol. The van der Waals surface area contributed by atoms with Gasteiger partial charge in [-0.15, -0.1) is 0 Å². The first-order valence-corrected chi connectivity index (χ1v) is 7.57. The van der Waals surface area contributed by atoms with Gasteiger partial charge in [0.25, 0.3) is 0 Å². The van der Waals surface area contributed by atoms with Crippen LogP contribution in [0.5, 0.6) is 11.6 Å². The second-order valence-electron chi connectivity index (χ2n) is 5.30. The van der Waals surface area contributed by atoms with Crippen LogP contribution >= 0.6 is 0 Å². The monoisotopic (exact) mass is 341 g/mol. The lowest BCUT2D eigenvalue weighted by Gasteiger charge is -2.08. The Hall–Kier alpha value is -3.19. The van der Waals surface area contributed by atoms with Crippen LogP contribution in [0.15, 0.2) is 59.3 Å². The van der Waals surface area contributed by atoms with E-state index in [9.17, 15) is 9.18 Å². The Balaban J connectivity index is 1.60. The fourth-order valence-electron chi connectivity index (χ4n) is 2.18. The summed E-state index contributed by atoms with van der Waals surface area (Å²) < 4.78 is 24.8. The van der Waals surface area contributed by atoms with Crippen LogP contribution in [0.2, 0.25) is 0 Å². The summed E-state index contributed by atoms with van der Waals surface area (Å²) in [5, 5.41) is 3.16. The third-order valence-corrected chi connectivity index (χ3v) is 3.44. The van der Waals surface area contributed by atoms with E-state index in [1.807, 2.05) is 12.1 Å². The molecule has 0 spiro atoms. The second kappa shape index (κ2) is 7.59. The molecule has 0 aliphatic rings. The maximum absolute atomic E-state index is 14.2. The van der Waals surface area contributed by atoms with Gasteiger partial charge in [0.15, 0.2) is 11.6 Å². The molecule has 0 aliphatic carbocycles. The predicted molar refractivity (Wildman–Crippen MR) is 88.5 cm³/mol. The van der Waals surface area contributed by atoms with E-state index in [1.54, 1.807) is 12.3 Å². The Labute approximate surface area is 143 Å². The van der Waals surface area contributed by atoms with Crippen molar-refractivity contribution in [3.8, 4) is 11.6 Å². The number of nitrogens with zero attached hydrogens (tertiary/aromatic N) is 1. The van der Waals surface area contributed by atoms with Crippen molar-refractivity contribution in [3.63, 3.8) is 0 Å². The van der Waals surface area contributed by atoms with Crippen LogP contribution in [0.25, 0.3) is 0 Å². The van der Waals surface area contributed by atoms with Crippen molar-refractivity contribution in [3.05, 3.63) is 77.6 Å². The summed E-state index contributed by atoms with van der Waals surface area (Å²) in [4.78, 5) is 14.9. The molecule has 0 fully saturated rings. The molecule has 6 nitrogen and oxygen atoms in total. The molecule has 1 aromatic carbocycles. The normalized spacial score (nSPS) is 10.6. The van der Waals surface area contributed by atoms with Crippen molar-refractivity contribution >= 4 is 5.91 Å². The Morgan fingerprint density at radius 3 is 2.76 bits per heavy atom. The van der Waals surface area contributed by atoms with Gasteiger partial charge in [0.1, 0.15) is 5.76 Å². The number of ether oxygens (including phenoxy) is 1. The highest BCUT2D eigenvalue weighted by atomic mass is 19.1. The van der Waals surface area contributed by atoms with E-state index < -0.39 is 11.7 Å². The number of pyridine rings is 1. The molecule has 2 aromatic heterocycles. The molecule has 3 rings (SSSR count). The van der Waals surface area contributed by atoms with Crippen LogP contribution in [0.1, 0.15) is 21.7 Å². The molecule has 0 radical (unpaired) electrons. The molecule has 7 heteroatoms. The van der Waals surface area contributed by atoms with Gasteiger partial charge in [-0.2, -0.15) is 0 Å². The Kier molecular flexibility index (Phi) is 5.06. The highest BCUT2D eigenvalue weighted by Crippen LogP contribution is 2.24. The van der Waals surface area contributed by atoms with Crippen molar-refractivity contribution in [1.29, 1.82) is 0 Å². The van der Waals surface area contributed by atoms with E-state index in [0.717, 1.165) is 11.3 Å². The highest BCUT2D eigenvalue weighted by Gasteiger charge is 2.08. The summed E-state index contributed by atoms with van der Waals surface area (Å²) in [5.41, 5.74) is 6.16. The number of nitrogens with one attached hydrogen (secondary N) is 1. The number of benzene rings is 1. The van der Waals surface area contributed by atoms with Gasteiger partial charge in [-0.1, -0.05) is 6.07 Å². The summed E-state index contributed by atoms with van der Waals surface area (Å²) in [5.74, 6) is -0.0534. The molecule has 0 bridgehead atoms. The van der Waals surface area contributed by atoms with Gasteiger partial charge in [0.2, 0.25) is 11.8 Å². The maximum atomic E-state index is 14.2. The Morgan fingerprint density at radius 2 is 2.12 bits per heavy atom. The molecular formula is C18H16FN3O3. The topological polar surface area (TPSA) is 90.4 Å². The van der Waals surface area contributed by atoms with Crippen LogP contribution in [-0.2, 0) is 13.1 Å². The van der Waals surface area contributed by atoms with E-state index in [2.05, 4.69) is 10.3 Å². The maximum Gasteiger partial charge on any atom is 0.250 e. The first-order valence-electron chi connectivity index (χ1n) is 7.57. The minimum Gasteiger partial charge on any atom is -0.468 e. The van der Waals surface area contributed by atoms with Crippen LogP contribution in [0.3, 0.4) is 0 Å². The quantitative estimate of drug-likeness (QED) is 0.689. The third kappa shape index (κ3) is 4.42. The molecule has 0 saturated heterocycles. The van der Waals surface area contributed by atoms with E-state index in [1.165, 1.54) is 30.5 Å². The van der Waals surface area contributed by atoms with E-state index in [0.29, 0.717) is 13.1 Å². The lowest BCUT2D eigenvalue weighted by Crippen LogP contribution is -2.12. The average Bonchev–Trinajstić information content (AvgIpc) is 3.11. The van der Waals surface area contributed by atoms with Crippen LogP contribution in [-0.4, -0.2) is 10.9 Å². The summed E-state index contributed by atoms with van der Waals surface area (Å²) in [6.07, 6.45) is 2.88. The molecule has 0 saturated carbocycles. The minimum atomic E-state index is -0.586. The number of halogens is 1. The highest BCUT2D eigenvalue weighted by molar-refractivity contribution is 5.92. The van der Waals surface area contributed by atoms with Crippen molar-refractivity contribution < 1.29 is 18.3 Å². The van der Waals surface area contributed by atoms with Crippen LogP contribution < -0.4 is 15.8 Å². The number of nitrogens with two attached hydrogens (primary N) is 1. The molecule has 128 valence electrons. The molecule has 0 unspecified atom stereocenters. The average molecular weight is 341 g/mol. The fourth-order valence-corrected chi connectivity index (χ4v) is 2.18. The number of aromatic nitrogens is 1. The van der Waals surface area contributed by atoms with Gasteiger partial charge in [0.05, 0.1) is 18.4 Å². The Bertz CT molecular complexity index is 849. The zero-order chi connectivity index (χ0) is 17.6. The largest absolute Gasteiger partial charge is 0.468 e. The van der Waals surface area contributed by atoms with Crippen LogP contribution in [0.4, 0.5) is 4.39 Å². The lowest BCUT2D eigenvalue weighted by atomic mass is 10.2. The number of hydrogen-bond acceptors (Lipinski definition) is 5. The first kappa shape index (κ1) is 16.7. The second-order valence-corrected chi connectivity index (χ2v) is 5.30. The standard InChI is InChI=1S/C18H16FN3O3/c19-15-8-12(9-21-11-14-2-1-7-24-14)3-5-16(15)25-17-6-4-13(10-22-17)18(20)23/h1-8,10,21H,9,11H2,(H2,20,23). The minimum absolute atomic E-state index is 0.0501. The van der Waals surface area contributed by atoms with Gasteiger partial charge in [-0.25, -0.2) is 9.37 Å². The zero-order valence-electron chi connectivity index (χ0n) is 13.2. The summed E-state index contributed by atoms with van der Waals surface area (Å²) in [7, 11) is 0. The zero-order valence-corrected chi connectivity index (χ0v) is 13.2. The number of rotatable bonds is 7. The predicted octanol–water partition coefficient (Wildman–Crippen LogP) is 2.99. The molecule has 0 aliphatic heterocycles. The number of carbonyl (C=O) groups excluding carboxylic acids is 1. The molecule has 1 amide bonds. The van der Waals surface area contributed by atoms with E-state index in [4.69, 9.17) is 14.9 Å². The van der Waals surface area contributed by atoms with Gasteiger partial charge in [-0.05, 0) is 35.9 Å². The van der Waals surface area contributed by atoms with Crippen LogP contribution in [0, 0.1) is 5.82 Å². The molecule has 3 N–H and O–H groups in total. The molecule has 25 heavy (non-hydrogen) atoms. The van der Waals surface area contributed by atoms with Gasteiger partial charge in [0, 0.05) is 18.8 Å². The number of furan rings is 1. The van der Waals surface area contributed by atoms with Crippen molar-refractivity contribution in [1.82, 2.24) is 10.3 Å². The van der Waals surface area contributed by atoms with E-state index >= 15 is 0 Å². The number of primary amides is 1.